The predicted octanol–water partition coefficient (Wildman–Crippen LogP) is 5.30. The van der Waals surface area contributed by atoms with Gasteiger partial charge in [-0.05, 0) is 48.6 Å². The molecule has 0 saturated carbocycles. The number of hydrogen-bond acceptors (Lipinski definition) is 5. The second kappa shape index (κ2) is 17.7. The van der Waals surface area contributed by atoms with Gasteiger partial charge in [-0.1, -0.05) is 30.3 Å². The van der Waals surface area contributed by atoms with Gasteiger partial charge in [0.15, 0.2) is 0 Å². The number of carbonyl (C=O) groups excluding carboxylic acids is 2. The summed E-state index contributed by atoms with van der Waals surface area (Å²) in [6.45, 7) is 4.66. The van der Waals surface area contributed by atoms with Crippen LogP contribution in [0, 0.1) is 0 Å². The van der Waals surface area contributed by atoms with Crippen molar-refractivity contribution < 1.29 is 35.9 Å². The number of amides is 2. The molecule has 2 aliphatic heterocycles. The monoisotopic (exact) mass is 721 g/mol. The van der Waals surface area contributed by atoms with Crippen molar-refractivity contribution in [1.82, 2.24) is 19.6 Å². The molecule has 46 heavy (non-hydrogen) atoms. The number of alkyl halides is 6. The number of piperidine rings is 1. The van der Waals surface area contributed by atoms with Crippen LogP contribution in [0.15, 0.2) is 48.5 Å². The Kier molecular flexibility index (Phi) is 16.1. The summed E-state index contributed by atoms with van der Waals surface area (Å²) in [5, 5.41) is 0. The Balaban J connectivity index is 0.00000353. The summed E-state index contributed by atoms with van der Waals surface area (Å²) in [7, 11) is 1.52. The standard InChI is InChI=1S/C30H37F6N5O2.3ClH/c1-38(10-7-21-17-23(29(31,32)33)19-24(18-21)30(34,35)36)28(43)27(22-5-3-2-4-6-22)41-11-8-25(9-12-41)40-15-13-39(14-16-40)20-26(37)42;;;/h2-6,17-19,25,27H,7-16,20H2,1H3,(H2,37,42);3*1H. The van der Waals surface area contributed by atoms with E-state index < -0.39 is 29.5 Å². The lowest BCUT2D eigenvalue weighted by Gasteiger charge is -2.44. The lowest BCUT2D eigenvalue weighted by molar-refractivity contribution is -0.143. The van der Waals surface area contributed by atoms with Gasteiger partial charge < -0.3 is 10.6 Å². The van der Waals surface area contributed by atoms with Crippen molar-refractivity contribution in [2.24, 2.45) is 5.73 Å². The molecule has 0 aliphatic carbocycles. The van der Waals surface area contributed by atoms with Gasteiger partial charge in [0.25, 0.3) is 0 Å². The number of rotatable bonds is 9. The van der Waals surface area contributed by atoms with Crippen molar-refractivity contribution in [3.8, 4) is 0 Å². The number of nitrogens with zero attached hydrogens (tertiary/aromatic N) is 4. The van der Waals surface area contributed by atoms with Crippen LogP contribution in [0.5, 0.6) is 0 Å². The van der Waals surface area contributed by atoms with Crippen LogP contribution in [0.4, 0.5) is 26.3 Å². The highest BCUT2D eigenvalue weighted by atomic mass is 35.5. The molecule has 2 aromatic carbocycles. The topological polar surface area (TPSA) is 73.1 Å². The first-order chi connectivity index (χ1) is 20.2. The van der Waals surface area contributed by atoms with E-state index in [1.54, 1.807) is 0 Å². The Bertz CT molecular complexity index is 1220. The molecule has 16 heteroatoms. The average molecular weight is 723 g/mol. The third-order valence-electron chi connectivity index (χ3n) is 8.28. The maximum absolute atomic E-state index is 13.8. The molecule has 0 bridgehead atoms. The number of halogens is 9. The molecular weight excluding hydrogens is 683 g/mol. The van der Waals surface area contributed by atoms with Crippen molar-refractivity contribution in [3.63, 3.8) is 0 Å². The molecule has 0 spiro atoms. The Morgan fingerprint density at radius 3 is 1.85 bits per heavy atom. The zero-order valence-electron chi connectivity index (χ0n) is 25.2. The SMILES string of the molecule is CN(CCc1cc(C(F)(F)F)cc(C(F)(F)F)c1)C(=O)C(c1ccccc1)N1CCC(N2CCN(CC(N)=O)CC2)CC1.Cl.Cl.Cl. The first-order valence-corrected chi connectivity index (χ1v) is 14.3. The summed E-state index contributed by atoms with van der Waals surface area (Å²) in [6, 6.07) is 10.4. The number of primary amides is 1. The molecule has 2 N–H and O–H groups in total. The van der Waals surface area contributed by atoms with Gasteiger partial charge in [-0.25, -0.2) is 0 Å². The highest BCUT2D eigenvalue weighted by Crippen LogP contribution is 2.36. The van der Waals surface area contributed by atoms with Crippen LogP contribution in [-0.2, 0) is 28.4 Å². The fraction of sp³-hybridized carbons (Fsp3) is 0.533. The number of benzene rings is 2. The van der Waals surface area contributed by atoms with Crippen LogP contribution in [-0.4, -0.2) is 96.9 Å². The van der Waals surface area contributed by atoms with Gasteiger partial charge in [0.05, 0.1) is 17.7 Å². The fourth-order valence-corrected chi connectivity index (χ4v) is 5.94. The second-order valence-corrected chi connectivity index (χ2v) is 11.3. The molecule has 7 nitrogen and oxygen atoms in total. The first kappa shape index (κ1) is 41.7. The van der Waals surface area contributed by atoms with Crippen LogP contribution in [0.3, 0.4) is 0 Å². The van der Waals surface area contributed by atoms with E-state index in [9.17, 15) is 35.9 Å². The third kappa shape index (κ3) is 11.2. The van der Waals surface area contributed by atoms with Gasteiger partial charge in [0.1, 0.15) is 6.04 Å². The molecule has 2 fully saturated rings. The molecule has 2 aromatic rings. The van der Waals surface area contributed by atoms with E-state index in [1.165, 1.54) is 11.9 Å². The number of hydrogen-bond donors (Lipinski definition) is 1. The molecule has 0 radical (unpaired) electrons. The number of likely N-dealkylation sites (N-methyl/N-ethyl adjacent to an activating group) is 1. The molecule has 2 saturated heterocycles. The minimum absolute atomic E-state index is 0. The minimum atomic E-state index is -4.93. The number of carbonyl (C=O) groups is 2. The van der Waals surface area contributed by atoms with Gasteiger partial charge >= 0.3 is 12.4 Å². The van der Waals surface area contributed by atoms with Crippen LogP contribution >= 0.6 is 37.2 Å². The number of likely N-dealkylation sites (tertiary alicyclic amines) is 1. The van der Waals surface area contributed by atoms with Crippen LogP contribution in [0.2, 0.25) is 0 Å². The second-order valence-electron chi connectivity index (χ2n) is 11.3. The largest absolute Gasteiger partial charge is 0.416 e. The normalized spacial score (nSPS) is 17.6. The van der Waals surface area contributed by atoms with E-state index in [0.717, 1.165) is 44.6 Å². The Hall–Kier alpha value is -2.29. The van der Waals surface area contributed by atoms with Gasteiger partial charge in [0, 0.05) is 58.9 Å². The maximum Gasteiger partial charge on any atom is 0.416 e. The van der Waals surface area contributed by atoms with Gasteiger partial charge in [0.2, 0.25) is 11.8 Å². The Morgan fingerprint density at radius 2 is 1.37 bits per heavy atom. The Labute approximate surface area is 283 Å². The quantitative estimate of drug-likeness (QED) is 0.356. The highest BCUT2D eigenvalue weighted by molar-refractivity contribution is 5.86. The molecule has 2 aliphatic rings. The van der Waals surface area contributed by atoms with E-state index in [1.807, 2.05) is 35.2 Å². The van der Waals surface area contributed by atoms with Crippen LogP contribution in [0.1, 0.15) is 41.1 Å². The number of piperazine rings is 1. The van der Waals surface area contributed by atoms with E-state index in [4.69, 9.17) is 5.73 Å². The van der Waals surface area contributed by atoms with Crippen molar-refractivity contribution in [3.05, 3.63) is 70.8 Å². The Morgan fingerprint density at radius 1 is 0.848 bits per heavy atom. The molecule has 2 heterocycles. The lowest BCUT2D eigenvalue weighted by Crippen LogP contribution is -2.55. The van der Waals surface area contributed by atoms with E-state index in [2.05, 4.69) is 9.80 Å². The van der Waals surface area contributed by atoms with Crippen LogP contribution in [0.25, 0.3) is 0 Å². The molecule has 1 unspecified atom stereocenters. The van der Waals surface area contributed by atoms with Gasteiger partial charge in [-0.2, -0.15) is 26.3 Å². The highest BCUT2D eigenvalue weighted by Gasteiger charge is 2.38. The smallest absolute Gasteiger partial charge is 0.369 e. The van der Waals surface area contributed by atoms with E-state index >= 15 is 0 Å². The van der Waals surface area contributed by atoms with E-state index in [0.29, 0.717) is 31.3 Å². The minimum Gasteiger partial charge on any atom is -0.369 e. The summed E-state index contributed by atoms with van der Waals surface area (Å²) in [6.07, 6.45) is -8.36. The first-order valence-electron chi connectivity index (χ1n) is 14.3. The summed E-state index contributed by atoms with van der Waals surface area (Å²) in [4.78, 5) is 33.0. The predicted molar refractivity (Wildman–Crippen MR) is 171 cm³/mol. The molecule has 1 atom stereocenters. The maximum atomic E-state index is 13.8. The summed E-state index contributed by atoms with van der Waals surface area (Å²) in [5.74, 6) is -0.614. The van der Waals surface area contributed by atoms with Crippen molar-refractivity contribution in [2.75, 3.05) is 59.4 Å². The molecular formula is C30H40Cl3F6N5O2. The van der Waals surface area contributed by atoms with Gasteiger partial charge in [-0.15, -0.1) is 37.2 Å². The summed E-state index contributed by atoms with van der Waals surface area (Å²) >= 11 is 0. The van der Waals surface area contributed by atoms with E-state index in [-0.39, 0.29) is 80.2 Å². The average Bonchev–Trinajstić information content (AvgIpc) is 2.96. The molecule has 2 amide bonds. The summed E-state index contributed by atoms with van der Waals surface area (Å²) < 4.78 is 79.9. The number of nitrogens with two attached hydrogens (primary N) is 1. The fourth-order valence-electron chi connectivity index (χ4n) is 5.94. The molecule has 260 valence electrons. The molecule has 4 rings (SSSR count). The summed E-state index contributed by atoms with van der Waals surface area (Å²) in [5.41, 5.74) is 3.21. The van der Waals surface area contributed by atoms with Crippen molar-refractivity contribution in [2.45, 2.75) is 43.7 Å². The third-order valence-corrected chi connectivity index (χ3v) is 8.28. The lowest BCUT2D eigenvalue weighted by atomic mass is 9.96. The van der Waals surface area contributed by atoms with Crippen LogP contribution < -0.4 is 5.73 Å². The zero-order valence-corrected chi connectivity index (χ0v) is 27.7. The van der Waals surface area contributed by atoms with Crippen molar-refractivity contribution >= 4 is 49.0 Å². The van der Waals surface area contributed by atoms with Crippen molar-refractivity contribution in [1.29, 1.82) is 0 Å². The molecule has 0 aromatic heterocycles. The van der Waals surface area contributed by atoms with Gasteiger partial charge in [-0.3, -0.25) is 24.3 Å². The zero-order chi connectivity index (χ0) is 31.4.